The van der Waals surface area contributed by atoms with Crippen LogP contribution in [0.15, 0.2) is 30.5 Å². The number of sulfonamides is 1. The normalized spacial score (nSPS) is 21.7. The molecule has 1 spiro atoms. The van der Waals surface area contributed by atoms with E-state index in [9.17, 15) is 13.2 Å². The lowest BCUT2D eigenvalue weighted by atomic mass is 9.89. The van der Waals surface area contributed by atoms with Crippen molar-refractivity contribution in [1.82, 2.24) is 9.97 Å². The SMILES string of the molecule is O=C1Nc2ccnc(n2)NCCCO[C@H]2CN(CCC23CC3)c2cc(NS(=O)(=O)CCO)ccc21. The Hall–Kier alpha value is -2.96. The van der Waals surface area contributed by atoms with Crippen molar-refractivity contribution < 1.29 is 23.1 Å². The highest BCUT2D eigenvalue weighted by atomic mass is 32.2. The molecule has 2 fully saturated rings. The number of piperidine rings is 1. The molecule has 1 atom stereocenters. The number of aliphatic hydroxyl groups is 1. The molecule has 12 heteroatoms. The number of aliphatic hydroxyl groups excluding tert-OH is 1. The number of aromatic nitrogens is 2. The maximum atomic E-state index is 13.3. The van der Waals surface area contributed by atoms with Crippen molar-refractivity contribution in [3.63, 3.8) is 0 Å². The van der Waals surface area contributed by atoms with Crippen molar-refractivity contribution in [3.05, 3.63) is 36.0 Å². The molecule has 1 aromatic heterocycles. The van der Waals surface area contributed by atoms with E-state index in [-0.39, 0.29) is 17.4 Å². The number of amides is 1. The molecule has 1 amide bonds. The summed E-state index contributed by atoms with van der Waals surface area (Å²) in [7, 11) is -3.71. The first kappa shape index (κ1) is 23.8. The highest BCUT2D eigenvalue weighted by Crippen LogP contribution is 2.55. The van der Waals surface area contributed by atoms with E-state index in [0.717, 1.165) is 32.2 Å². The molecular weight excluding hydrogens is 472 g/mol. The molecule has 4 N–H and O–H groups in total. The molecule has 11 nitrogen and oxygen atoms in total. The zero-order valence-electron chi connectivity index (χ0n) is 19.4. The van der Waals surface area contributed by atoms with Gasteiger partial charge in [-0.3, -0.25) is 9.52 Å². The summed E-state index contributed by atoms with van der Waals surface area (Å²) in [5.74, 6) is 0.0310. The summed E-state index contributed by atoms with van der Waals surface area (Å²) in [6.07, 6.45) is 5.62. The molecular formula is C23H30N6O5S. The van der Waals surface area contributed by atoms with Crippen molar-refractivity contribution in [3.8, 4) is 0 Å². The van der Waals surface area contributed by atoms with Crippen LogP contribution in [0.5, 0.6) is 0 Å². The van der Waals surface area contributed by atoms with Crippen LogP contribution < -0.4 is 20.3 Å². The Balaban J connectivity index is 1.51. The molecule has 1 saturated heterocycles. The smallest absolute Gasteiger partial charge is 0.258 e. The highest BCUT2D eigenvalue weighted by molar-refractivity contribution is 7.92. The average molecular weight is 503 g/mol. The fourth-order valence-electron chi connectivity index (χ4n) is 4.78. The van der Waals surface area contributed by atoms with E-state index in [1.807, 2.05) is 0 Å². The molecule has 1 aliphatic carbocycles. The fourth-order valence-corrected chi connectivity index (χ4v) is 5.61. The lowest BCUT2D eigenvalue weighted by molar-refractivity contribution is -0.00587. The minimum atomic E-state index is -3.71. The van der Waals surface area contributed by atoms with Crippen LogP contribution in [0.2, 0.25) is 0 Å². The van der Waals surface area contributed by atoms with Gasteiger partial charge in [-0.25, -0.2) is 13.4 Å². The maximum absolute atomic E-state index is 13.3. The number of hydrogen-bond acceptors (Lipinski definition) is 9. The molecule has 1 saturated carbocycles. The fraction of sp³-hybridized carbons (Fsp3) is 0.522. The number of carbonyl (C=O) groups excluding carboxylic acids is 1. The molecule has 188 valence electrons. The summed E-state index contributed by atoms with van der Waals surface area (Å²) in [6, 6.07) is 6.46. The van der Waals surface area contributed by atoms with Crippen molar-refractivity contribution in [2.24, 2.45) is 5.41 Å². The highest BCUT2D eigenvalue weighted by Gasteiger charge is 2.52. The Labute approximate surface area is 204 Å². The zero-order valence-corrected chi connectivity index (χ0v) is 20.2. The van der Waals surface area contributed by atoms with Crippen molar-refractivity contribution >= 4 is 39.1 Å². The minimum Gasteiger partial charge on any atom is -0.395 e. The Morgan fingerprint density at radius 2 is 2.11 bits per heavy atom. The second-order valence-corrected chi connectivity index (χ2v) is 11.1. The van der Waals surface area contributed by atoms with E-state index in [1.54, 1.807) is 30.5 Å². The predicted molar refractivity (Wildman–Crippen MR) is 132 cm³/mol. The molecule has 35 heavy (non-hydrogen) atoms. The van der Waals surface area contributed by atoms with Gasteiger partial charge in [0.2, 0.25) is 16.0 Å². The first-order valence-corrected chi connectivity index (χ1v) is 13.5. The van der Waals surface area contributed by atoms with E-state index in [1.165, 1.54) is 0 Å². The third-order valence-electron chi connectivity index (χ3n) is 6.88. The average Bonchev–Trinajstić information content (AvgIpc) is 3.59. The summed E-state index contributed by atoms with van der Waals surface area (Å²) in [5.41, 5.74) is 1.55. The number of nitrogens with one attached hydrogen (secondary N) is 3. The summed E-state index contributed by atoms with van der Waals surface area (Å²) in [4.78, 5) is 24.0. The number of benzene rings is 1. The zero-order chi connectivity index (χ0) is 24.5. The van der Waals surface area contributed by atoms with Crippen LogP contribution in [0.1, 0.15) is 36.0 Å². The Kier molecular flexibility index (Phi) is 6.51. The largest absolute Gasteiger partial charge is 0.395 e. The van der Waals surface area contributed by atoms with Gasteiger partial charge >= 0.3 is 0 Å². The van der Waals surface area contributed by atoms with Gasteiger partial charge in [-0.05, 0) is 49.9 Å². The van der Waals surface area contributed by atoms with E-state index in [4.69, 9.17) is 9.84 Å². The first-order valence-electron chi connectivity index (χ1n) is 11.9. The van der Waals surface area contributed by atoms with Crippen LogP contribution >= 0.6 is 0 Å². The number of rotatable bonds is 4. The molecule has 2 aromatic rings. The van der Waals surface area contributed by atoms with E-state index in [0.29, 0.717) is 48.4 Å². The molecule has 3 aliphatic rings. The first-order chi connectivity index (χ1) is 16.9. The standard InChI is InChI=1S/C23H30N6O5S/c30-11-13-35(32,33)28-16-2-3-17-18(14-16)29-10-7-23(5-6-23)19(15-29)34-12-1-8-24-22-25-9-4-20(27-22)26-21(17)31/h2-4,9,14,19,28,30H,1,5-8,10-13,15H2,(H2,24,25,26,27,31)/t19-/m0/s1. The lowest BCUT2D eigenvalue weighted by Crippen LogP contribution is -2.47. The minimum absolute atomic E-state index is 0.0318. The van der Waals surface area contributed by atoms with Crippen molar-refractivity contribution in [2.75, 3.05) is 58.9 Å². The van der Waals surface area contributed by atoms with Gasteiger partial charge in [0.05, 0.1) is 35.4 Å². The van der Waals surface area contributed by atoms with Crippen molar-refractivity contribution in [1.29, 1.82) is 0 Å². The topological polar surface area (TPSA) is 146 Å². The van der Waals surface area contributed by atoms with E-state index in [2.05, 4.69) is 30.2 Å². The second kappa shape index (κ2) is 9.59. The molecule has 4 bridgehead atoms. The molecule has 1 aromatic carbocycles. The van der Waals surface area contributed by atoms with E-state index < -0.39 is 22.4 Å². The number of hydrogen-bond donors (Lipinski definition) is 4. The van der Waals surface area contributed by atoms with Crippen LogP contribution in [0.3, 0.4) is 0 Å². The number of fused-ring (bicyclic) bond motifs is 7. The number of ether oxygens (including phenoxy) is 1. The monoisotopic (exact) mass is 502 g/mol. The van der Waals surface area contributed by atoms with Crippen LogP contribution in [-0.4, -0.2) is 74.1 Å². The summed E-state index contributed by atoms with van der Waals surface area (Å²) < 4.78 is 33.3. The van der Waals surface area contributed by atoms with Gasteiger partial charge in [0.1, 0.15) is 5.82 Å². The van der Waals surface area contributed by atoms with Gasteiger partial charge in [0.25, 0.3) is 5.91 Å². The Bertz CT molecular complexity index is 1200. The molecule has 0 radical (unpaired) electrons. The Morgan fingerprint density at radius 1 is 1.26 bits per heavy atom. The van der Waals surface area contributed by atoms with Crippen LogP contribution in [-0.2, 0) is 14.8 Å². The quantitative estimate of drug-likeness (QED) is 0.490. The lowest BCUT2D eigenvalue weighted by Gasteiger charge is -2.41. The summed E-state index contributed by atoms with van der Waals surface area (Å²) in [6.45, 7) is 2.13. The summed E-state index contributed by atoms with van der Waals surface area (Å²) >= 11 is 0. The number of nitrogens with zero attached hydrogens (tertiary/aromatic N) is 3. The van der Waals surface area contributed by atoms with Crippen LogP contribution in [0, 0.1) is 5.41 Å². The van der Waals surface area contributed by atoms with Gasteiger partial charge in [0.15, 0.2) is 0 Å². The third-order valence-corrected chi connectivity index (χ3v) is 8.14. The van der Waals surface area contributed by atoms with E-state index >= 15 is 0 Å². The maximum Gasteiger partial charge on any atom is 0.258 e. The summed E-state index contributed by atoms with van der Waals surface area (Å²) in [5, 5.41) is 15.1. The van der Waals surface area contributed by atoms with Gasteiger partial charge in [-0.1, -0.05) is 0 Å². The van der Waals surface area contributed by atoms with Gasteiger partial charge < -0.3 is 25.4 Å². The predicted octanol–water partition coefficient (Wildman–Crippen LogP) is 1.65. The Morgan fingerprint density at radius 3 is 2.91 bits per heavy atom. The molecule has 0 unspecified atom stereocenters. The number of anilines is 4. The van der Waals surface area contributed by atoms with Gasteiger partial charge in [-0.15, -0.1) is 0 Å². The number of carbonyl (C=O) groups is 1. The van der Waals surface area contributed by atoms with Gasteiger partial charge in [0, 0.05) is 37.9 Å². The molecule has 5 rings (SSSR count). The third kappa shape index (κ3) is 5.34. The van der Waals surface area contributed by atoms with Crippen LogP contribution in [0.25, 0.3) is 0 Å². The second-order valence-electron chi connectivity index (χ2n) is 9.29. The molecule has 2 aliphatic heterocycles. The van der Waals surface area contributed by atoms with Crippen molar-refractivity contribution in [2.45, 2.75) is 31.8 Å². The van der Waals surface area contributed by atoms with Crippen LogP contribution in [0.4, 0.5) is 23.1 Å². The van der Waals surface area contributed by atoms with Gasteiger partial charge in [-0.2, -0.15) is 4.98 Å². The molecule has 3 heterocycles.